The zero-order valence-electron chi connectivity index (χ0n) is 20.7. The van der Waals surface area contributed by atoms with E-state index < -0.39 is 0 Å². The van der Waals surface area contributed by atoms with Crippen LogP contribution in [0.1, 0.15) is 69.4 Å². The molecule has 0 bridgehead atoms. The SMILES string of the molecule is C#Cc1cc(C=Nc2cc(C(C)(C)C)ccc2O)cc(C=Nc2cc(C(C)(C)C)ccc2O)c1. The van der Waals surface area contributed by atoms with Gasteiger partial charge in [0.15, 0.2) is 0 Å². The van der Waals surface area contributed by atoms with Gasteiger partial charge in [-0.2, -0.15) is 0 Å². The van der Waals surface area contributed by atoms with Gasteiger partial charge in [0, 0.05) is 18.0 Å². The minimum Gasteiger partial charge on any atom is -0.506 e. The van der Waals surface area contributed by atoms with E-state index in [0.29, 0.717) is 16.9 Å². The Kier molecular flexibility index (Phi) is 6.98. The third-order valence-corrected chi connectivity index (χ3v) is 5.53. The van der Waals surface area contributed by atoms with Gasteiger partial charge in [-0.05, 0) is 75.5 Å². The van der Waals surface area contributed by atoms with E-state index in [0.717, 1.165) is 22.3 Å². The number of aromatic hydroxyl groups is 2. The molecule has 2 N–H and O–H groups in total. The largest absolute Gasteiger partial charge is 0.506 e. The van der Waals surface area contributed by atoms with Crippen molar-refractivity contribution in [2.24, 2.45) is 9.98 Å². The smallest absolute Gasteiger partial charge is 0.141 e. The summed E-state index contributed by atoms with van der Waals surface area (Å²) in [5, 5.41) is 20.5. The van der Waals surface area contributed by atoms with Gasteiger partial charge >= 0.3 is 0 Å². The first-order chi connectivity index (χ1) is 15.9. The number of phenols is 2. The maximum absolute atomic E-state index is 10.3. The lowest BCUT2D eigenvalue weighted by Gasteiger charge is -2.19. The summed E-state index contributed by atoms with van der Waals surface area (Å²) >= 11 is 0. The van der Waals surface area contributed by atoms with Crippen molar-refractivity contribution in [2.45, 2.75) is 52.4 Å². The van der Waals surface area contributed by atoms with Crippen molar-refractivity contribution >= 4 is 23.8 Å². The van der Waals surface area contributed by atoms with E-state index >= 15 is 0 Å². The van der Waals surface area contributed by atoms with Gasteiger partial charge in [-0.15, -0.1) is 6.42 Å². The van der Waals surface area contributed by atoms with Crippen LogP contribution in [0.15, 0.2) is 64.6 Å². The Balaban J connectivity index is 1.95. The molecule has 34 heavy (non-hydrogen) atoms. The molecule has 0 spiro atoms. The molecule has 174 valence electrons. The molecule has 3 aromatic rings. The summed E-state index contributed by atoms with van der Waals surface area (Å²) in [6, 6.07) is 16.5. The Labute approximate surface area is 202 Å². The first-order valence-corrected chi connectivity index (χ1v) is 11.2. The van der Waals surface area contributed by atoms with Gasteiger partial charge in [0.05, 0.1) is 0 Å². The third-order valence-electron chi connectivity index (χ3n) is 5.53. The van der Waals surface area contributed by atoms with Crippen LogP contribution in [0, 0.1) is 12.3 Å². The molecule has 0 fully saturated rings. The van der Waals surface area contributed by atoms with Crippen LogP contribution in [0.3, 0.4) is 0 Å². The third kappa shape index (κ3) is 6.14. The predicted molar refractivity (Wildman–Crippen MR) is 142 cm³/mol. The van der Waals surface area contributed by atoms with Crippen molar-refractivity contribution in [2.75, 3.05) is 0 Å². The fourth-order valence-corrected chi connectivity index (χ4v) is 3.38. The summed E-state index contributed by atoms with van der Waals surface area (Å²) in [6.45, 7) is 12.7. The van der Waals surface area contributed by atoms with Gasteiger partial charge in [0.25, 0.3) is 0 Å². The predicted octanol–water partition coefficient (Wildman–Crippen LogP) is 7.18. The topological polar surface area (TPSA) is 65.2 Å². The van der Waals surface area contributed by atoms with Crippen LogP contribution in [0.2, 0.25) is 0 Å². The summed E-state index contributed by atoms with van der Waals surface area (Å²) in [5.74, 6) is 2.90. The molecular weight excluding hydrogens is 420 g/mol. The molecule has 0 amide bonds. The molecule has 3 rings (SSSR count). The number of rotatable bonds is 4. The van der Waals surface area contributed by atoms with Crippen molar-refractivity contribution in [1.82, 2.24) is 0 Å². The molecule has 0 aliphatic heterocycles. The van der Waals surface area contributed by atoms with Crippen molar-refractivity contribution in [3.8, 4) is 23.8 Å². The van der Waals surface area contributed by atoms with Gasteiger partial charge in [-0.3, -0.25) is 9.98 Å². The Hall–Kier alpha value is -3.84. The molecule has 4 heteroatoms. The van der Waals surface area contributed by atoms with E-state index in [-0.39, 0.29) is 22.3 Å². The van der Waals surface area contributed by atoms with E-state index in [4.69, 9.17) is 6.42 Å². The molecule has 0 radical (unpaired) electrons. The summed E-state index contributed by atoms with van der Waals surface area (Å²) in [5.41, 5.74) is 5.30. The highest BCUT2D eigenvalue weighted by Gasteiger charge is 2.16. The second-order valence-corrected chi connectivity index (χ2v) is 10.5. The lowest BCUT2D eigenvalue weighted by atomic mass is 9.87. The summed E-state index contributed by atoms with van der Waals surface area (Å²) < 4.78 is 0. The highest BCUT2D eigenvalue weighted by molar-refractivity contribution is 5.89. The molecular formula is C30H32N2O2. The molecule has 3 aromatic carbocycles. The zero-order valence-corrected chi connectivity index (χ0v) is 20.7. The van der Waals surface area contributed by atoms with Crippen molar-refractivity contribution in [3.63, 3.8) is 0 Å². The van der Waals surface area contributed by atoms with E-state index in [2.05, 4.69) is 57.4 Å². The number of hydrogen-bond acceptors (Lipinski definition) is 4. The lowest BCUT2D eigenvalue weighted by Crippen LogP contribution is -2.10. The molecule has 0 saturated heterocycles. The van der Waals surface area contributed by atoms with Gasteiger partial charge in [-0.25, -0.2) is 0 Å². The Morgan fingerprint density at radius 1 is 0.676 bits per heavy atom. The standard InChI is InChI=1S/C30H32N2O2/c1-8-20-13-21(18-31-25-16-23(29(2,3)4)9-11-27(25)33)15-22(14-20)19-32-26-17-24(30(5,6)7)10-12-28(26)34/h1,9-19,33-34H,2-7H3. The Bertz CT molecular complexity index is 1210. The van der Waals surface area contributed by atoms with Crippen molar-refractivity contribution < 1.29 is 10.2 Å². The molecule has 0 aliphatic carbocycles. The fourth-order valence-electron chi connectivity index (χ4n) is 3.38. The zero-order chi connectivity index (χ0) is 25.1. The molecule has 0 aromatic heterocycles. The van der Waals surface area contributed by atoms with Crippen LogP contribution in [-0.2, 0) is 10.8 Å². The molecule has 0 unspecified atom stereocenters. The summed E-state index contributed by atoms with van der Waals surface area (Å²) in [4.78, 5) is 9.02. The average molecular weight is 453 g/mol. The van der Waals surface area contributed by atoms with Crippen LogP contribution >= 0.6 is 0 Å². The second kappa shape index (κ2) is 9.57. The molecule has 0 saturated carbocycles. The second-order valence-electron chi connectivity index (χ2n) is 10.5. The lowest BCUT2D eigenvalue weighted by molar-refractivity contribution is 0.475. The van der Waals surface area contributed by atoms with Gasteiger partial charge in [0.2, 0.25) is 0 Å². The van der Waals surface area contributed by atoms with E-state index in [1.807, 2.05) is 42.5 Å². The number of terminal acetylenes is 1. The van der Waals surface area contributed by atoms with Crippen LogP contribution in [0.25, 0.3) is 0 Å². The van der Waals surface area contributed by atoms with Gasteiger partial charge < -0.3 is 10.2 Å². The van der Waals surface area contributed by atoms with Crippen LogP contribution in [0.5, 0.6) is 11.5 Å². The molecule has 0 heterocycles. The van der Waals surface area contributed by atoms with Crippen molar-refractivity contribution in [1.29, 1.82) is 0 Å². The molecule has 4 nitrogen and oxygen atoms in total. The first kappa shape index (κ1) is 24.8. The van der Waals surface area contributed by atoms with E-state index in [1.165, 1.54) is 0 Å². The quantitative estimate of drug-likeness (QED) is 0.325. The maximum atomic E-state index is 10.3. The van der Waals surface area contributed by atoms with E-state index in [1.54, 1.807) is 24.6 Å². The van der Waals surface area contributed by atoms with Gasteiger partial charge in [0.1, 0.15) is 22.9 Å². The van der Waals surface area contributed by atoms with E-state index in [9.17, 15) is 10.2 Å². The summed E-state index contributed by atoms with van der Waals surface area (Å²) in [7, 11) is 0. The van der Waals surface area contributed by atoms with Gasteiger partial charge in [-0.1, -0.05) is 59.6 Å². The fraction of sp³-hybridized carbons (Fsp3) is 0.267. The minimum absolute atomic E-state index is 0.0547. The number of benzene rings is 3. The monoisotopic (exact) mass is 452 g/mol. The maximum Gasteiger partial charge on any atom is 0.141 e. The summed E-state index contributed by atoms with van der Waals surface area (Å²) in [6.07, 6.45) is 9.02. The number of nitrogens with zero attached hydrogens (tertiary/aromatic N) is 2. The number of phenolic OH excluding ortho intramolecular Hbond substituents is 2. The highest BCUT2D eigenvalue weighted by atomic mass is 16.3. The van der Waals surface area contributed by atoms with Crippen LogP contribution in [0.4, 0.5) is 11.4 Å². The van der Waals surface area contributed by atoms with Crippen LogP contribution < -0.4 is 0 Å². The highest BCUT2D eigenvalue weighted by Crippen LogP contribution is 2.33. The Morgan fingerprint density at radius 2 is 1.09 bits per heavy atom. The Morgan fingerprint density at radius 3 is 1.44 bits per heavy atom. The van der Waals surface area contributed by atoms with Crippen molar-refractivity contribution in [3.05, 3.63) is 82.4 Å². The average Bonchev–Trinajstić information content (AvgIpc) is 2.76. The minimum atomic E-state index is -0.0547. The first-order valence-electron chi connectivity index (χ1n) is 11.2. The molecule has 0 aliphatic rings. The normalized spacial score (nSPS) is 12.4. The number of aliphatic imine (C=N–C) groups is 2. The number of hydrogen-bond donors (Lipinski definition) is 2. The molecule has 0 atom stereocenters. The van der Waals surface area contributed by atoms with Crippen LogP contribution in [-0.4, -0.2) is 22.6 Å².